The molecule has 0 bridgehead atoms. The highest BCUT2D eigenvalue weighted by Gasteiger charge is 2.43. The fraction of sp³-hybridized carbons (Fsp3) is 0.278. The van der Waals surface area contributed by atoms with E-state index in [1.807, 2.05) is 18.2 Å². The van der Waals surface area contributed by atoms with E-state index in [9.17, 15) is 9.18 Å². The molecule has 114 valence electrons. The normalized spacial score (nSPS) is 16.5. The van der Waals surface area contributed by atoms with Crippen molar-refractivity contribution in [2.75, 3.05) is 5.32 Å². The molecule has 0 aliphatic heterocycles. The Morgan fingerprint density at radius 1 is 1.09 bits per heavy atom. The summed E-state index contributed by atoms with van der Waals surface area (Å²) in [4.78, 5) is 12.9. The summed E-state index contributed by atoms with van der Waals surface area (Å²) in [5.41, 5.74) is 0.674. The minimum atomic E-state index is -0.665. The van der Waals surface area contributed by atoms with Crippen molar-refractivity contribution < 1.29 is 9.18 Å². The quantitative estimate of drug-likeness (QED) is 0.854. The van der Waals surface area contributed by atoms with E-state index in [2.05, 4.69) is 5.32 Å². The molecule has 3 rings (SSSR count). The molecule has 1 amide bonds. The zero-order valence-corrected chi connectivity index (χ0v) is 12.9. The maximum absolute atomic E-state index is 13.6. The first-order valence-corrected chi connectivity index (χ1v) is 7.82. The predicted octanol–water partition coefficient (Wildman–Crippen LogP) is 4.93. The summed E-state index contributed by atoms with van der Waals surface area (Å²) in [6.07, 6.45) is 3.39. The molecule has 0 heterocycles. The van der Waals surface area contributed by atoms with Gasteiger partial charge in [-0.2, -0.15) is 0 Å². The molecule has 1 saturated carbocycles. The van der Waals surface area contributed by atoms with E-state index in [1.165, 1.54) is 12.1 Å². The number of benzene rings is 2. The minimum absolute atomic E-state index is 0.108. The van der Waals surface area contributed by atoms with Gasteiger partial charge in [0.05, 0.1) is 16.1 Å². The van der Waals surface area contributed by atoms with E-state index in [4.69, 9.17) is 11.6 Å². The van der Waals surface area contributed by atoms with Crippen LogP contribution in [0.1, 0.15) is 31.2 Å². The van der Waals surface area contributed by atoms with Gasteiger partial charge in [-0.15, -0.1) is 0 Å². The second-order valence-corrected chi connectivity index (χ2v) is 6.14. The van der Waals surface area contributed by atoms with Gasteiger partial charge in [0.1, 0.15) is 5.82 Å². The molecule has 0 saturated heterocycles. The molecular weight excluding hydrogens is 301 g/mol. The maximum Gasteiger partial charge on any atom is 0.235 e. The summed E-state index contributed by atoms with van der Waals surface area (Å²) < 4.78 is 13.6. The van der Waals surface area contributed by atoms with Crippen LogP contribution >= 0.6 is 11.6 Å². The van der Waals surface area contributed by atoms with Crippen LogP contribution in [0.4, 0.5) is 10.1 Å². The molecule has 2 nitrogen and oxygen atoms in total. The summed E-state index contributed by atoms with van der Waals surface area (Å²) >= 11 is 6.12. The van der Waals surface area contributed by atoms with Crippen LogP contribution in [0.15, 0.2) is 48.5 Å². The number of halogens is 2. The van der Waals surface area contributed by atoms with Crippen molar-refractivity contribution in [2.45, 2.75) is 31.1 Å². The van der Waals surface area contributed by atoms with Crippen LogP contribution in [-0.2, 0) is 10.2 Å². The van der Waals surface area contributed by atoms with Gasteiger partial charge < -0.3 is 5.32 Å². The van der Waals surface area contributed by atoms with Crippen LogP contribution in [0, 0.1) is 5.82 Å². The molecule has 2 aromatic carbocycles. The highest BCUT2D eigenvalue weighted by atomic mass is 35.5. The Hall–Kier alpha value is -1.87. The molecule has 1 fully saturated rings. The average Bonchev–Trinajstić information content (AvgIpc) is 3.00. The van der Waals surface area contributed by atoms with E-state index < -0.39 is 5.41 Å². The molecule has 1 aliphatic carbocycles. The Kier molecular flexibility index (Phi) is 4.16. The summed E-state index contributed by atoms with van der Waals surface area (Å²) in [6, 6.07) is 13.5. The Bertz CT molecular complexity index is 695. The van der Waals surface area contributed by atoms with Gasteiger partial charge >= 0.3 is 0 Å². The molecule has 0 radical (unpaired) electrons. The third-order valence-corrected chi connectivity index (χ3v) is 4.72. The number of hydrogen-bond acceptors (Lipinski definition) is 1. The second-order valence-electron chi connectivity index (χ2n) is 5.73. The van der Waals surface area contributed by atoms with E-state index in [-0.39, 0.29) is 11.7 Å². The first-order valence-electron chi connectivity index (χ1n) is 7.44. The molecule has 2 aromatic rings. The zero-order valence-electron chi connectivity index (χ0n) is 12.1. The van der Waals surface area contributed by atoms with E-state index in [0.29, 0.717) is 10.7 Å². The molecular formula is C18H17ClFNO. The van der Waals surface area contributed by atoms with Crippen molar-refractivity contribution in [1.82, 2.24) is 0 Å². The van der Waals surface area contributed by atoms with Crippen molar-refractivity contribution in [2.24, 2.45) is 0 Å². The first-order chi connectivity index (χ1) is 10.6. The summed E-state index contributed by atoms with van der Waals surface area (Å²) in [7, 11) is 0. The van der Waals surface area contributed by atoms with Gasteiger partial charge in [-0.3, -0.25) is 4.79 Å². The lowest BCUT2D eigenvalue weighted by molar-refractivity contribution is -0.121. The lowest BCUT2D eigenvalue weighted by Crippen LogP contribution is -2.38. The largest absolute Gasteiger partial charge is 0.324 e. The Labute approximate surface area is 134 Å². The molecule has 0 unspecified atom stereocenters. The van der Waals surface area contributed by atoms with Crippen LogP contribution in [0.3, 0.4) is 0 Å². The van der Waals surface area contributed by atoms with Crippen molar-refractivity contribution in [3.8, 4) is 0 Å². The highest BCUT2D eigenvalue weighted by Crippen LogP contribution is 2.42. The van der Waals surface area contributed by atoms with Gasteiger partial charge in [0.25, 0.3) is 0 Å². The van der Waals surface area contributed by atoms with Gasteiger partial charge in [0.15, 0.2) is 0 Å². The van der Waals surface area contributed by atoms with Gasteiger partial charge in [0, 0.05) is 0 Å². The van der Waals surface area contributed by atoms with E-state index in [1.54, 1.807) is 18.2 Å². The van der Waals surface area contributed by atoms with Crippen LogP contribution < -0.4 is 5.32 Å². The van der Waals surface area contributed by atoms with Crippen molar-refractivity contribution >= 4 is 23.2 Å². The van der Waals surface area contributed by atoms with Crippen LogP contribution in [-0.4, -0.2) is 5.91 Å². The lowest BCUT2D eigenvalue weighted by atomic mass is 9.78. The third kappa shape index (κ3) is 2.73. The van der Waals surface area contributed by atoms with Gasteiger partial charge in [-0.1, -0.05) is 48.7 Å². The highest BCUT2D eigenvalue weighted by molar-refractivity contribution is 6.33. The SMILES string of the molecule is O=C(Nc1ccccc1Cl)C1(c2cccc(F)c2)CCCC1. The predicted molar refractivity (Wildman–Crippen MR) is 86.6 cm³/mol. The van der Waals surface area contributed by atoms with Gasteiger partial charge in [0.2, 0.25) is 5.91 Å². The Morgan fingerprint density at radius 3 is 2.50 bits per heavy atom. The number of hydrogen-bond donors (Lipinski definition) is 1. The smallest absolute Gasteiger partial charge is 0.235 e. The van der Waals surface area contributed by atoms with E-state index in [0.717, 1.165) is 31.2 Å². The van der Waals surface area contributed by atoms with Crippen LogP contribution in [0.25, 0.3) is 0 Å². The third-order valence-electron chi connectivity index (χ3n) is 4.39. The second kappa shape index (κ2) is 6.09. The van der Waals surface area contributed by atoms with Crippen LogP contribution in [0.2, 0.25) is 5.02 Å². The summed E-state index contributed by atoms with van der Waals surface area (Å²) in [5.74, 6) is -0.419. The monoisotopic (exact) mass is 317 g/mol. The molecule has 1 N–H and O–H groups in total. The van der Waals surface area contributed by atoms with Gasteiger partial charge in [-0.25, -0.2) is 4.39 Å². The van der Waals surface area contributed by atoms with Crippen molar-refractivity contribution in [1.29, 1.82) is 0 Å². The van der Waals surface area contributed by atoms with E-state index >= 15 is 0 Å². The summed E-state index contributed by atoms with van der Waals surface area (Å²) in [5, 5.41) is 3.42. The molecule has 0 spiro atoms. The Morgan fingerprint density at radius 2 is 1.82 bits per heavy atom. The molecule has 22 heavy (non-hydrogen) atoms. The van der Waals surface area contributed by atoms with Crippen molar-refractivity contribution in [3.05, 3.63) is 64.9 Å². The Balaban J connectivity index is 1.94. The maximum atomic E-state index is 13.6. The fourth-order valence-electron chi connectivity index (χ4n) is 3.22. The summed E-state index contributed by atoms with van der Waals surface area (Å²) in [6.45, 7) is 0. The number of anilines is 1. The number of nitrogens with one attached hydrogen (secondary N) is 1. The number of carbonyl (C=O) groups excluding carboxylic acids is 1. The number of carbonyl (C=O) groups is 1. The fourth-order valence-corrected chi connectivity index (χ4v) is 3.40. The topological polar surface area (TPSA) is 29.1 Å². The number of para-hydroxylation sites is 1. The zero-order chi connectivity index (χ0) is 15.6. The number of amides is 1. The average molecular weight is 318 g/mol. The first kappa shape index (κ1) is 15.0. The van der Waals surface area contributed by atoms with Crippen molar-refractivity contribution in [3.63, 3.8) is 0 Å². The van der Waals surface area contributed by atoms with Crippen LogP contribution in [0.5, 0.6) is 0 Å². The van der Waals surface area contributed by atoms with Gasteiger partial charge in [-0.05, 0) is 42.7 Å². The number of rotatable bonds is 3. The molecule has 0 aromatic heterocycles. The molecule has 4 heteroatoms. The molecule has 0 atom stereocenters. The molecule has 1 aliphatic rings. The lowest BCUT2D eigenvalue weighted by Gasteiger charge is -2.28. The minimum Gasteiger partial charge on any atom is -0.324 e. The standard InChI is InChI=1S/C18H17ClFNO/c19-15-8-1-2-9-16(15)21-17(22)18(10-3-4-11-18)13-6-5-7-14(20)12-13/h1-2,5-9,12H,3-4,10-11H2,(H,21,22).